The topological polar surface area (TPSA) is 29.9 Å². The smallest absolute Gasteiger partial charge is 0.0642 e. The molecular weight excluding hydrogens is 234 g/mol. The summed E-state index contributed by atoms with van der Waals surface area (Å²) < 4.78 is 2.20. The fraction of sp³-hybridized carbons (Fsp3) is 0.438. The van der Waals surface area contributed by atoms with E-state index in [0.29, 0.717) is 6.04 Å². The maximum atomic E-state index is 4.54. The van der Waals surface area contributed by atoms with Crippen molar-refractivity contribution in [1.29, 1.82) is 0 Å². The van der Waals surface area contributed by atoms with Gasteiger partial charge in [0.15, 0.2) is 0 Å². The van der Waals surface area contributed by atoms with Crippen LogP contribution >= 0.6 is 0 Å². The van der Waals surface area contributed by atoms with E-state index < -0.39 is 0 Å². The normalized spacial score (nSPS) is 12.6. The average Bonchev–Trinajstić information content (AvgIpc) is 2.84. The SMILES string of the molecule is CCCNC(C)c1ccn(Cc2cccc(C)n2)c1. The summed E-state index contributed by atoms with van der Waals surface area (Å²) in [5.41, 5.74) is 3.51. The number of hydrogen-bond donors (Lipinski definition) is 1. The second kappa shape index (κ2) is 6.53. The Morgan fingerprint density at radius 1 is 1.32 bits per heavy atom. The number of rotatable bonds is 6. The number of hydrogen-bond acceptors (Lipinski definition) is 2. The van der Waals surface area contributed by atoms with E-state index in [1.54, 1.807) is 0 Å². The fourth-order valence-electron chi connectivity index (χ4n) is 2.17. The molecular formula is C16H23N3. The first-order valence-electron chi connectivity index (χ1n) is 7.00. The number of nitrogens with zero attached hydrogens (tertiary/aromatic N) is 2. The van der Waals surface area contributed by atoms with E-state index in [2.05, 4.69) is 59.3 Å². The van der Waals surface area contributed by atoms with Gasteiger partial charge in [0.05, 0.1) is 12.2 Å². The van der Waals surface area contributed by atoms with Crippen molar-refractivity contribution in [2.45, 2.75) is 39.8 Å². The molecule has 102 valence electrons. The van der Waals surface area contributed by atoms with Crippen LogP contribution in [0.15, 0.2) is 36.7 Å². The van der Waals surface area contributed by atoms with E-state index in [1.165, 1.54) is 5.56 Å². The fourth-order valence-corrected chi connectivity index (χ4v) is 2.17. The summed E-state index contributed by atoms with van der Waals surface area (Å²) in [6.07, 6.45) is 5.50. The van der Waals surface area contributed by atoms with Crippen LogP contribution in [0, 0.1) is 6.92 Å². The molecule has 1 unspecified atom stereocenters. The van der Waals surface area contributed by atoms with Crippen LogP contribution in [0.5, 0.6) is 0 Å². The van der Waals surface area contributed by atoms with Gasteiger partial charge < -0.3 is 9.88 Å². The third-order valence-corrected chi connectivity index (χ3v) is 3.26. The minimum atomic E-state index is 0.409. The lowest BCUT2D eigenvalue weighted by Crippen LogP contribution is -2.18. The van der Waals surface area contributed by atoms with Crippen molar-refractivity contribution in [2.24, 2.45) is 0 Å². The molecule has 1 atom stereocenters. The summed E-state index contributed by atoms with van der Waals surface area (Å²) in [4.78, 5) is 4.54. The molecule has 2 aromatic heterocycles. The molecule has 0 saturated carbocycles. The molecule has 3 heteroatoms. The van der Waals surface area contributed by atoms with Gasteiger partial charge in [-0.2, -0.15) is 0 Å². The Hall–Kier alpha value is -1.61. The lowest BCUT2D eigenvalue weighted by molar-refractivity contribution is 0.569. The van der Waals surface area contributed by atoms with E-state index in [0.717, 1.165) is 30.9 Å². The van der Waals surface area contributed by atoms with Crippen LogP contribution in [0.3, 0.4) is 0 Å². The van der Waals surface area contributed by atoms with E-state index in [9.17, 15) is 0 Å². The van der Waals surface area contributed by atoms with Crippen molar-refractivity contribution < 1.29 is 0 Å². The summed E-state index contributed by atoms with van der Waals surface area (Å²) in [5.74, 6) is 0. The van der Waals surface area contributed by atoms with Crippen LogP contribution in [-0.2, 0) is 6.54 Å². The molecule has 19 heavy (non-hydrogen) atoms. The van der Waals surface area contributed by atoms with E-state index >= 15 is 0 Å². The number of pyridine rings is 1. The average molecular weight is 257 g/mol. The molecule has 0 saturated heterocycles. The number of aryl methyl sites for hydroxylation is 1. The van der Waals surface area contributed by atoms with Gasteiger partial charge in [0.1, 0.15) is 0 Å². The van der Waals surface area contributed by atoms with Crippen LogP contribution in [0.2, 0.25) is 0 Å². The summed E-state index contributed by atoms with van der Waals surface area (Å²) in [6, 6.07) is 8.76. The molecule has 0 spiro atoms. The van der Waals surface area contributed by atoms with Crippen LogP contribution in [0.4, 0.5) is 0 Å². The van der Waals surface area contributed by atoms with Crippen molar-refractivity contribution in [3.8, 4) is 0 Å². The third-order valence-electron chi connectivity index (χ3n) is 3.26. The molecule has 0 aliphatic carbocycles. The lowest BCUT2D eigenvalue weighted by Gasteiger charge is -2.11. The van der Waals surface area contributed by atoms with Crippen molar-refractivity contribution in [1.82, 2.24) is 14.9 Å². The first kappa shape index (κ1) is 13.8. The molecule has 0 bridgehead atoms. The van der Waals surface area contributed by atoms with Crippen molar-refractivity contribution in [2.75, 3.05) is 6.54 Å². The van der Waals surface area contributed by atoms with Gasteiger partial charge in [-0.3, -0.25) is 4.98 Å². The molecule has 3 nitrogen and oxygen atoms in total. The Labute approximate surface area is 115 Å². The van der Waals surface area contributed by atoms with Gasteiger partial charge in [0, 0.05) is 24.1 Å². The molecule has 0 aliphatic rings. The monoisotopic (exact) mass is 257 g/mol. The molecule has 0 fully saturated rings. The van der Waals surface area contributed by atoms with E-state index in [4.69, 9.17) is 0 Å². The zero-order valence-electron chi connectivity index (χ0n) is 12.1. The molecule has 0 amide bonds. The molecule has 0 radical (unpaired) electrons. The van der Waals surface area contributed by atoms with Gasteiger partial charge in [-0.05, 0) is 50.6 Å². The standard InChI is InChI=1S/C16H23N3/c1-4-9-17-14(3)15-8-10-19(11-15)12-16-7-5-6-13(2)18-16/h5-8,10-11,14,17H,4,9,12H2,1-3H3. The van der Waals surface area contributed by atoms with Crippen LogP contribution in [-0.4, -0.2) is 16.1 Å². The maximum absolute atomic E-state index is 4.54. The summed E-state index contributed by atoms with van der Waals surface area (Å²) in [6.45, 7) is 8.32. The predicted molar refractivity (Wildman–Crippen MR) is 79.2 cm³/mol. The molecule has 1 N–H and O–H groups in total. The Morgan fingerprint density at radius 3 is 2.89 bits per heavy atom. The molecule has 0 aliphatic heterocycles. The first-order chi connectivity index (χ1) is 9.19. The minimum absolute atomic E-state index is 0.409. The third kappa shape index (κ3) is 3.93. The van der Waals surface area contributed by atoms with Crippen LogP contribution in [0.1, 0.15) is 43.3 Å². The van der Waals surface area contributed by atoms with Gasteiger partial charge in [-0.1, -0.05) is 13.0 Å². The maximum Gasteiger partial charge on any atom is 0.0642 e. The molecule has 2 heterocycles. The Morgan fingerprint density at radius 2 is 2.16 bits per heavy atom. The van der Waals surface area contributed by atoms with Gasteiger partial charge >= 0.3 is 0 Å². The number of aromatic nitrogens is 2. The lowest BCUT2D eigenvalue weighted by atomic mass is 10.2. The second-order valence-corrected chi connectivity index (χ2v) is 5.06. The molecule has 2 aromatic rings. The summed E-state index contributed by atoms with van der Waals surface area (Å²) >= 11 is 0. The van der Waals surface area contributed by atoms with Crippen molar-refractivity contribution in [3.05, 3.63) is 53.6 Å². The van der Waals surface area contributed by atoms with Gasteiger partial charge in [0.2, 0.25) is 0 Å². The van der Waals surface area contributed by atoms with Crippen LogP contribution in [0.25, 0.3) is 0 Å². The first-order valence-corrected chi connectivity index (χ1v) is 7.00. The van der Waals surface area contributed by atoms with Crippen LogP contribution < -0.4 is 5.32 Å². The zero-order valence-corrected chi connectivity index (χ0v) is 12.1. The quantitative estimate of drug-likeness (QED) is 0.860. The van der Waals surface area contributed by atoms with Gasteiger partial charge in [-0.15, -0.1) is 0 Å². The highest BCUT2D eigenvalue weighted by atomic mass is 15.0. The summed E-state index contributed by atoms with van der Waals surface area (Å²) in [7, 11) is 0. The van der Waals surface area contributed by atoms with Crippen molar-refractivity contribution in [3.63, 3.8) is 0 Å². The van der Waals surface area contributed by atoms with Crippen molar-refractivity contribution >= 4 is 0 Å². The van der Waals surface area contributed by atoms with Gasteiger partial charge in [-0.25, -0.2) is 0 Å². The highest BCUT2D eigenvalue weighted by Gasteiger charge is 2.06. The second-order valence-electron chi connectivity index (χ2n) is 5.06. The Balaban J connectivity index is 2.01. The minimum Gasteiger partial charge on any atom is -0.348 e. The molecule has 0 aromatic carbocycles. The zero-order chi connectivity index (χ0) is 13.7. The highest BCUT2D eigenvalue weighted by molar-refractivity contribution is 5.17. The number of nitrogens with one attached hydrogen (secondary N) is 1. The van der Waals surface area contributed by atoms with E-state index in [1.807, 2.05) is 13.0 Å². The predicted octanol–water partition coefficient (Wildman–Crippen LogP) is 3.30. The Kier molecular flexibility index (Phi) is 4.74. The van der Waals surface area contributed by atoms with E-state index in [-0.39, 0.29) is 0 Å². The Bertz CT molecular complexity index is 516. The highest BCUT2D eigenvalue weighted by Crippen LogP contribution is 2.13. The van der Waals surface area contributed by atoms with Gasteiger partial charge in [0.25, 0.3) is 0 Å². The summed E-state index contributed by atoms with van der Waals surface area (Å²) in [5, 5.41) is 3.51. The largest absolute Gasteiger partial charge is 0.348 e. The molecule has 2 rings (SSSR count).